The first kappa shape index (κ1) is 14.4. The summed E-state index contributed by atoms with van der Waals surface area (Å²) in [5.41, 5.74) is 1.57. The van der Waals surface area contributed by atoms with Gasteiger partial charge in [0.1, 0.15) is 5.75 Å². The Hall–Kier alpha value is -2.04. The molecule has 1 heterocycles. The van der Waals surface area contributed by atoms with Crippen molar-refractivity contribution in [3.63, 3.8) is 0 Å². The third kappa shape index (κ3) is 3.10. The number of hydrogen-bond acceptors (Lipinski definition) is 3. The quantitative estimate of drug-likeness (QED) is 0.859. The summed E-state index contributed by atoms with van der Waals surface area (Å²) in [7, 11) is 0. The molecule has 0 bridgehead atoms. The number of carboxylic acid groups (broad SMARTS) is 1. The van der Waals surface area contributed by atoms with Gasteiger partial charge in [0, 0.05) is 18.5 Å². The summed E-state index contributed by atoms with van der Waals surface area (Å²) in [5.74, 6) is -0.903. The second-order valence-electron chi connectivity index (χ2n) is 5.32. The summed E-state index contributed by atoms with van der Waals surface area (Å²) >= 11 is 0. The molecule has 0 aromatic heterocycles. The average Bonchev–Trinajstić information content (AvgIpc) is 2.84. The molecule has 0 radical (unpaired) electrons. The van der Waals surface area contributed by atoms with E-state index in [-0.39, 0.29) is 18.4 Å². The minimum atomic E-state index is -0.886. The van der Waals surface area contributed by atoms with Crippen molar-refractivity contribution in [2.75, 3.05) is 13.2 Å². The van der Waals surface area contributed by atoms with Gasteiger partial charge in [0.2, 0.25) is 0 Å². The fourth-order valence-corrected chi connectivity index (χ4v) is 2.24. The van der Waals surface area contributed by atoms with E-state index in [1.54, 1.807) is 12.1 Å². The number of fused-ring (bicyclic) bond motifs is 1. The molecular weight excluding hydrogens is 258 g/mol. The van der Waals surface area contributed by atoms with Gasteiger partial charge in [-0.25, -0.2) is 0 Å². The van der Waals surface area contributed by atoms with Gasteiger partial charge in [-0.2, -0.15) is 0 Å². The maximum Gasteiger partial charge on any atom is 0.308 e. The molecule has 0 saturated heterocycles. The smallest absolute Gasteiger partial charge is 0.308 e. The van der Waals surface area contributed by atoms with Crippen LogP contribution in [0.5, 0.6) is 5.75 Å². The third-order valence-corrected chi connectivity index (χ3v) is 3.56. The number of nitrogens with one attached hydrogen (secondary N) is 1. The monoisotopic (exact) mass is 277 g/mol. The lowest BCUT2D eigenvalue weighted by Crippen LogP contribution is -2.35. The first-order chi connectivity index (χ1) is 9.49. The van der Waals surface area contributed by atoms with Crippen LogP contribution in [-0.4, -0.2) is 30.1 Å². The normalized spacial score (nSPS) is 14.6. The van der Waals surface area contributed by atoms with Gasteiger partial charge in [0.05, 0.1) is 12.5 Å². The number of carboxylic acids is 1. The molecule has 5 nitrogen and oxygen atoms in total. The summed E-state index contributed by atoms with van der Waals surface area (Å²) in [6.45, 7) is 4.45. The highest BCUT2D eigenvalue weighted by molar-refractivity contribution is 5.94. The molecule has 1 aromatic carbocycles. The molecule has 0 fully saturated rings. The maximum atomic E-state index is 12.0. The Balaban J connectivity index is 2.00. The Kier molecular flexibility index (Phi) is 4.27. The lowest BCUT2D eigenvalue weighted by molar-refractivity contribution is -0.142. The van der Waals surface area contributed by atoms with Crippen LogP contribution in [-0.2, 0) is 11.2 Å². The number of rotatable bonds is 5. The van der Waals surface area contributed by atoms with Gasteiger partial charge in [-0.3, -0.25) is 9.59 Å². The molecule has 1 amide bonds. The Labute approximate surface area is 117 Å². The van der Waals surface area contributed by atoms with E-state index in [0.29, 0.717) is 12.2 Å². The molecule has 5 heteroatoms. The Morgan fingerprint density at radius 1 is 1.40 bits per heavy atom. The summed E-state index contributed by atoms with van der Waals surface area (Å²) < 4.78 is 5.38. The minimum Gasteiger partial charge on any atom is -0.493 e. The second-order valence-corrected chi connectivity index (χ2v) is 5.32. The first-order valence-electron chi connectivity index (χ1n) is 6.75. The Morgan fingerprint density at radius 3 is 2.80 bits per heavy atom. The zero-order valence-corrected chi connectivity index (χ0v) is 11.7. The van der Waals surface area contributed by atoms with Gasteiger partial charge in [-0.15, -0.1) is 0 Å². The zero-order chi connectivity index (χ0) is 14.7. The van der Waals surface area contributed by atoms with E-state index in [1.807, 2.05) is 19.9 Å². The molecule has 1 aliphatic heterocycles. The summed E-state index contributed by atoms with van der Waals surface area (Å²) in [5, 5.41) is 11.8. The average molecular weight is 277 g/mol. The number of carbonyl (C=O) groups excluding carboxylic acids is 1. The topological polar surface area (TPSA) is 75.6 Å². The second kappa shape index (κ2) is 5.94. The van der Waals surface area contributed by atoms with Crippen molar-refractivity contribution in [3.05, 3.63) is 29.3 Å². The van der Waals surface area contributed by atoms with E-state index in [1.165, 1.54) is 0 Å². The van der Waals surface area contributed by atoms with Crippen LogP contribution in [0.25, 0.3) is 0 Å². The Morgan fingerprint density at radius 2 is 2.15 bits per heavy atom. The number of aliphatic carboxylic acids is 1. The van der Waals surface area contributed by atoms with Crippen molar-refractivity contribution in [1.82, 2.24) is 5.32 Å². The van der Waals surface area contributed by atoms with Gasteiger partial charge in [-0.1, -0.05) is 13.8 Å². The molecule has 1 aliphatic rings. The van der Waals surface area contributed by atoms with Crippen LogP contribution >= 0.6 is 0 Å². The van der Waals surface area contributed by atoms with Crippen LogP contribution in [0.15, 0.2) is 18.2 Å². The number of ether oxygens (including phenoxy) is 1. The van der Waals surface area contributed by atoms with Crippen LogP contribution in [0.4, 0.5) is 0 Å². The van der Waals surface area contributed by atoms with Gasteiger partial charge < -0.3 is 15.2 Å². The molecule has 2 rings (SSSR count). The molecule has 0 spiro atoms. The molecule has 1 unspecified atom stereocenters. The van der Waals surface area contributed by atoms with Crippen molar-refractivity contribution in [2.45, 2.75) is 20.3 Å². The molecule has 2 N–H and O–H groups in total. The molecule has 0 aliphatic carbocycles. The highest BCUT2D eigenvalue weighted by atomic mass is 16.5. The van der Waals surface area contributed by atoms with Crippen molar-refractivity contribution in [3.8, 4) is 5.75 Å². The molecule has 20 heavy (non-hydrogen) atoms. The lowest BCUT2D eigenvalue weighted by atomic mass is 9.96. The summed E-state index contributed by atoms with van der Waals surface area (Å²) in [4.78, 5) is 23.1. The van der Waals surface area contributed by atoms with E-state index in [9.17, 15) is 9.59 Å². The van der Waals surface area contributed by atoms with Crippen LogP contribution in [0.2, 0.25) is 0 Å². The summed E-state index contributed by atoms with van der Waals surface area (Å²) in [6.07, 6.45) is 0.806. The molecule has 1 aromatic rings. The SMILES string of the molecule is CC(C)C(CNC(=O)c1ccc2c(c1)CCO2)C(=O)O. The van der Waals surface area contributed by atoms with Crippen LogP contribution in [0, 0.1) is 11.8 Å². The standard InChI is InChI=1S/C15H19NO4/c1-9(2)12(15(18)19)8-16-14(17)11-3-4-13-10(7-11)5-6-20-13/h3-4,7,9,12H,5-6,8H2,1-2H3,(H,16,17)(H,18,19). The molecule has 1 atom stereocenters. The largest absolute Gasteiger partial charge is 0.493 e. The van der Waals surface area contributed by atoms with E-state index < -0.39 is 11.9 Å². The highest BCUT2D eigenvalue weighted by Crippen LogP contribution is 2.25. The van der Waals surface area contributed by atoms with Crippen LogP contribution < -0.4 is 10.1 Å². The van der Waals surface area contributed by atoms with E-state index in [4.69, 9.17) is 9.84 Å². The minimum absolute atomic E-state index is 0.0266. The van der Waals surface area contributed by atoms with Crippen molar-refractivity contribution in [1.29, 1.82) is 0 Å². The van der Waals surface area contributed by atoms with Gasteiger partial charge >= 0.3 is 5.97 Å². The molecular formula is C15H19NO4. The Bertz CT molecular complexity index is 525. The number of hydrogen-bond donors (Lipinski definition) is 2. The molecule has 0 saturated carbocycles. The van der Waals surface area contributed by atoms with Gasteiger partial charge in [0.25, 0.3) is 5.91 Å². The van der Waals surface area contributed by atoms with Gasteiger partial charge in [0.15, 0.2) is 0 Å². The third-order valence-electron chi connectivity index (χ3n) is 3.56. The number of benzene rings is 1. The van der Waals surface area contributed by atoms with Crippen LogP contribution in [0.1, 0.15) is 29.8 Å². The highest BCUT2D eigenvalue weighted by Gasteiger charge is 2.22. The predicted octanol–water partition coefficient (Wildman–Crippen LogP) is 1.71. The predicted molar refractivity (Wildman–Crippen MR) is 73.9 cm³/mol. The van der Waals surface area contributed by atoms with Crippen molar-refractivity contribution >= 4 is 11.9 Å². The van der Waals surface area contributed by atoms with E-state index in [2.05, 4.69) is 5.32 Å². The zero-order valence-electron chi connectivity index (χ0n) is 11.7. The van der Waals surface area contributed by atoms with Crippen molar-refractivity contribution < 1.29 is 19.4 Å². The number of amides is 1. The molecule has 108 valence electrons. The fraction of sp³-hybridized carbons (Fsp3) is 0.467. The number of carbonyl (C=O) groups is 2. The van der Waals surface area contributed by atoms with E-state index in [0.717, 1.165) is 17.7 Å². The summed E-state index contributed by atoms with van der Waals surface area (Å²) in [6, 6.07) is 5.29. The lowest BCUT2D eigenvalue weighted by Gasteiger charge is -2.16. The maximum absolute atomic E-state index is 12.0. The van der Waals surface area contributed by atoms with Crippen LogP contribution in [0.3, 0.4) is 0 Å². The van der Waals surface area contributed by atoms with E-state index >= 15 is 0 Å². The fourth-order valence-electron chi connectivity index (χ4n) is 2.24. The van der Waals surface area contributed by atoms with Crippen molar-refractivity contribution in [2.24, 2.45) is 11.8 Å². The first-order valence-corrected chi connectivity index (χ1v) is 6.75. The van der Waals surface area contributed by atoms with Gasteiger partial charge in [-0.05, 0) is 29.7 Å².